The quantitative estimate of drug-likeness (QED) is 0.0789. The fourth-order valence-electron chi connectivity index (χ4n) is 5.56. The van der Waals surface area contributed by atoms with Gasteiger partial charge in [-0.05, 0) is 60.3 Å². The summed E-state index contributed by atoms with van der Waals surface area (Å²) in [6.07, 6.45) is 1.04. The number of carbonyl (C=O) groups is 3. The van der Waals surface area contributed by atoms with Gasteiger partial charge in [0.15, 0.2) is 0 Å². The van der Waals surface area contributed by atoms with Gasteiger partial charge >= 0.3 is 17.9 Å². The van der Waals surface area contributed by atoms with Crippen LogP contribution >= 0.6 is 0 Å². The zero-order valence-electron chi connectivity index (χ0n) is 29.9. The summed E-state index contributed by atoms with van der Waals surface area (Å²) in [5.74, 6) is -1.60. The summed E-state index contributed by atoms with van der Waals surface area (Å²) in [6, 6.07) is 38.3. The number of hydrogen-bond donors (Lipinski definition) is 2. The van der Waals surface area contributed by atoms with Gasteiger partial charge in [0.1, 0.15) is 16.9 Å². The lowest BCUT2D eigenvalue weighted by Crippen LogP contribution is -2.44. The molecule has 2 atom stereocenters. The second-order valence-electron chi connectivity index (χ2n) is 12.3. The number of ether oxygens (including phenoxy) is 2. The maximum atomic E-state index is 12.3. The third-order valence-corrected chi connectivity index (χ3v) is 8.83. The minimum absolute atomic E-state index is 0.0160. The summed E-state index contributed by atoms with van der Waals surface area (Å²) in [5, 5.41) is 10.4. The van der Waals surface area contributed by atoms with Crippen LogP contribution in [0, 0.1) is 5.92 Å². The third-order valence-electron chi connectivity index (χ3n) is 7.98. The number of carbonyl (C=O) groups excluding carboxylic acids is 2. The number of carboxylic acid groups (broad SMARTS) is 1. The fourth-order valence-corrected chi connectivity index (χ4v) is 6.08. The maximum absolute atomic E-state index is 12.3. The summed E-state index contributed by atoms with van der Waals surface area (Å²) < 4.78 is 41.3. The van der Waals surface area contributed by atoms with Crippen molar-refractivity contribution >= 4 is 38.8 Å². The molecule has 0 aliphatic rings. The number of rotatable bonds is 11. The topological polar surface area (TPSA) is 148 Å². The molecule has 2 N–H and O–H groups in total. The molecular formula is C41H45NO9S. The highest BCUT2D eigenvalue weighted by Crippen LogP contribution is 2.38. The molecule has 52 heavy (non-hydrogen) atoms. The number of benzene rings is 5. The van der Waals surface area contributed by atoms with Crippen molar-refractivity contribution in [2.24, 2.45) is 5.92 Å². The number of carboxylic acids is 1. The monoisotopic (exact) mass is 727 g/mol. The maximum Gasteiger partial charge on any atom is 0.339 e. The average Bonchev–Trinajstić information content (AvgIpc) is 3.11. The van der Waals surface area contributed by atoms with Gasteiger partial charge in [0.25, 0.3) is 10.1 Å². The summed E-state index contributed by atoms with van der Waals surface area (Å²) in [5.41, 5.74) is 1.52. The zero-order valence-corrected chi connectivity index (χ0v) is 30.7. The summed E-state index contributed by atoms with van der Waals surface area (Å²) >= 11 is 0. The summed E-state index contributed by atoms with van der Waals surface area (Å²) in [6.45, 7) is 6.06. The highest BCUT2D eigenvalue weighted by Gasteiger charge is 2.42. The second-order valence-corrected chi connectivity index (χ2v) is 13.7. The standard InChI is InChI=1S/C22H29NO2.C10H8O3S.C9H8O4/c1-5-21(24)25-22(18(2)17-23(3)4,20-14-10-7-11-15-20)16-19-12-8-6-9-13-19;11-14(12,13)10-6-5-8-3-1-2-4-9(8)7-10;1-6(10)13-8-5-3-2-4-7(8)9(11)12/h6-15,18H,5,16-17H2,1-4H3;1-7H,(H,11,12,13);2-5H,1H3,(H,11,12)/t18-,22-;;/m1../s1. The zero-order chi connectivity index (χ0) is 38.3. The number of fused-ring (bicyclic) bond motifs is 1. The molecule has 0 spiro atoms. The molecule has 0 unspecified atom stereocenters. The summed E-state index contributed by atoms with van der Waals surface area (Å²) in [4.78, 5) is 35.6. The van der Waals surface area contributed by atoms with E-state index in [0.717, 1.165) is 22.9 Å². The molecule has 274 valence electrons. The van der Waals surface area contributed by atoms with E-state index >= 15 is 0 Å². The Morgan fingerprint density at radius 1 is 0.788 bits per heavy atom. The number of nitrogens with zero attached hydrogens (tertiary/aromatic N) is 1. The Hall–Kier alpha value is -5.36. The van der Waals surface area contributed by atoms with E-state index in [0.29, 0.717) is 12.8 Å². The lowest BCUT2D eigenvalue weighted by atomic mass is 9.77. The molecule has 5 rings (SSSR count). The van der Waals surface area contributed by atoms with Gasteiger partial charge in [0, 0.05) is 32.2 Å². The van der Waals surface area contributed by atoms with Gasteiger partial charge in [0.05, 0.1) is 4.90 Å². The Morgan fingerprint density at radius 2 is 1.35 bits per heavy atom. The number of aromatic carboxylic acids is 1. The molecule has 5 aromatic carbocycles. The van der Waals surface area contributed by atoms with E-state index in [2.05, 4.69) is 54.9 Å². The smallest absolute Gasteiger partial charge is 0.339 e. The van der Waals surface area contributed by atoms with Gasteiger partial charge in [-0.25, -0.2) is 4.79 Å². The molecule has 11 heteroatoms. The van der Waals surface area contributed by atoms with Crippen molar-refractivity contribution in [1.29, 1.82) is 0 Å². The van der Waals surface area contributed by atoms with Crippen molar-refractivity contribution in [2.45, 2.75) is 44.1 Å². The van der Waals surface area contributed by atoms with Crippen LogP contribution < -0.4 is 4.74 Å². The van der Waals surface area contributed by atoms with Gasteiger partial charge in [0.2, 0.25) is 0 Å². The van der Waals surface area contributed by atoms with E-state index in [1.54, 1.807) is 24.3 Å². The van der Waals surface area contributed by atoms with Crippen LogP contribution in [0.15, 0.2) is 132 Å². The van der Waals surface area contributed by atoms with Crippen molar-refractivity contribution in [3.8, 4) is 5.75 Å². The number of para-hydroxylation sites is 1. The van der Waals surface area contributed by atoms with E-state index in [1.165, 1.54) is 36.8 Å². The molecule has 0 aliphatic carbocycles. The molecule has 0 saturated carbocycles. The first-order valence-corrected chi connectivity index (χ1v) is 18.0. The van der Waals surface area contributed by atoms with Gasteiger partial charge in [-0.1, -0.05) is 117 Å². The van der Waals surface area contributed by atoms with Crippen LogP contribution in [0.1, 0.15) is 48.7 Å². The lowest BCUT2D eigenvalue weighted by molar-refractivity contribution is -0.168. The molecular weight excluding hydrogens is 683 g/mol. The van der Waals surface area contributed by atoms with Crippen molar-refractivity contribution in [3.05, 3.63) is 144 Å². The van der Waals surface area contributed by atoms with Gasteiger partial charge in [-0.2, -0.15) is 8.42 Å². The Balaban J connectivity index is 0.000000228. The van der Waals surface area contributed by atoms with E-state index < -0.39 is 27.7 Å². The van der Waals surface area contributed by atoms with E-state index in [1.807, 2.05) is 61.5 Å². The molecule has 5 aromatic rings. The number of esters is 2. The van der Waals surface area contributed by atoms with Crippen LogP contribution in [0.5, 0.6) is 5.75 Å². The Labute approximate surface area is 305 Å². The van der Waals surface area contributed by atoms with Crippen molar-refractivity contribution in [2.75, 3.05) is 20.6 Å². The summed E-state index contributed by atoms with van der Waals surface area (Å²) in [7, 11) is 0.00971. The Kier molecular flexibility index (Phi) is 15.2. The molecule has 0 aromatic heterocycles. The van der Waals surface area contributed by atoms with Gasteiger partial charge in [-0.15, -0.1) is 0 Å². The van der Waals surface area contributed by atoms with Crippen LogP contribution in [0.2, 0.25) is 0 Å². The Bertz CT molecular complexity index is 2030. The van der Waals surface area contributed by atoms with Crippen molar-refractivity contribution in [1.82, 2.24) is 4.90 Å². The molecule has 0 heterocycles. The van der Waals surface area contributed by atoms with Crippen LogP contribution in [-0.4, -0.2) is 61.5 Å². The van der Waals surface area contributed by atoms with Crippen molar-refractivity contribution in [3.63, 3.8) is 0 Å². The minimum Gasteiger partial charge on any atom is -0.478 e. The molecule has 0 aliphatic heterocycles. The molecule has 0 bridgehead atoms. The lowest BCUT2D eigenvalue weighted by Gasteiger charge is -2.40. The van der Waals surface area contributed by atoms with Crippen LogP contribution in [0.4, 0.5) is 0 Å². The van der Waals surface area contributed by atoms with Gasteiger partial charge < -0.3 is 19.5 Å². The largest absolute Gasteiger partial charge is 0.478 e. The van der Waals surface area contributed by atoms with Gasteiger partial charge in [-0.3, -0.25) is 14.1 Å². The fraction of sp³-hybridized carbons (Fsp3) is 0.244. The molecule has 0 amide bonds. The number of hydrogen-bond acceptors (Lipinski definition) is 8. The Morgan fingerprint density at radius 3 is 1.90 bits per heavy atom. The SMILES string of the molecule is CC(=O)Oc1ccccc1C(=O)O.CCC(=O)O[C@@](Cc1ccccc1)(c1ccccc1)[C@H](C)CN(C)C.O=S(=O)(O)c1ccc2ccccc2c1. The highest BCUT2D eigenvalue weighted by molar-refractivity contribution is 7.85. The van der Waals surface area contributed by atoms with Crippen LogP contribution in [0.3, 0.4) is 0 Å². The minimum atomic E-state index is -4.09. The average molecular weight is 728 g/mol. The molecule has 0 fully saturated rings. The normalized spacial score (nSPS) is 12.6. The van der Waals surface area contributed by atoms with E-state index in [-0.39, 0.29) is 28.1 Å². The first kappa shape index (κ1) is 41.1. The predicted octanol–water partition coefficient (Wildman–Crippen LogP) is 7.67. The van der Waals surface area contributed by atoms with Crippen LogP contribution in [-0.2, 0) is 36.5 Å². The highest BCUT2D eigenvalue weighted by atomic mass is 32.2. The van der Waals surface area contributed by atoms with Crippen LogP contribution in [0.25, 0.3) is 10.8 Å². The predicted molar refractivity (Wildman–Crippen MR) is 201 cm³/mol. The second kappa shape index (κ2) is 19.3. The van der Waals surface area contributed by atoms with Crippen molar-refractivity contribution < 1.29 is 41.9 Å². The first-order chi connectivity index (χ1) is 24.7. The third kappa shape index (κ3) is 12.2. The molecule has 0 radical (unpaired) electrons. The van der Waals surface area contributed by atoms with E-state index in [4.69, 9.17) is 14.4 Å². The molecule has 10 nitrogen and oxygen atoms in total. The molecule has 0 saturated heterocycles. The first-order valence-electron chi connectivity index (χ1n) is 16.6. The van der Waals surface area contributed by atoms with E-state index in [9.17, 15) is 22.8 Å².